The van der Waals surface area contributed by atoms with Gasteiger partial charge in [0, 0.05) is 12.6 Å². The molecule has 1 amide bonds. The Labute approximate surface area is 200 Å². The van der Waals surface area contributed by atoms with Gasteiger partial charge in [-0.3, -0.25) is 9.59 Å². The minimum absolute atomic E-state index is 0.0561. The SMILES string of the molecule is COc1ccc([C@@H]2[C@@H](CC[C@@H](OC(C)=O)c3ccccc3)C(=O)N2c2ccc(OC)cc2)cc1. The van der Waals surface area contributed by atoms with Gasteiger partial charge < -0.3 is 19.1 Å². The van der Waals surface area contributed by atoms with Crippen LogP contribution in [0.15, 0.2) is 78.9 Å². The number of carbonyl (C=O) groups excluding carboxylic acids is 2. The highest BCUT2D eigenvalue weighted by atomic mass is 16.5. The maximum atomic E-state index is 13.4. The lowest BCUT2D eigenvalue weighted by atomic mass is 9.78. The van der Waals surface area contributed by atoms with Gasteiger partial charge in [0.05, 0.1) is 26.2 Å². The molecule has 0 spiro atoms. The molecule has 1 fully saturated rings. The second-order valence-corrected chi connectivity index (χ2v) is 8.32. The summed E-state index contributed by atoms with van der Waals surface area (Å²) in [5.74, 6) is 1.00. The Hall–Kier alpha value is -3.80. The van der Waals surface area contributed by atoms with Crippen LogP contribution in [0.1, 0.15) is 43.0 Å². The molecule has 0 unspecified atom stereocenters. The third-order valence-corrected chi connectivity index (χ3v) is 6.24. The minimum Gasteiger partial charge on any atom is -0.497 e. The molecule has 0 radical (unpaired) electrons. The normalized spacial score (nSPS) is 18.1. The van der Waals surface area contributed by atoms with E-state index in [9.17, 15) is 9.59 Å². The number of benzene rings is 3. The third-order valence-electron chi connectivity index (χ3n) is 6.24. The fraction of sp³-hybridized carbons (Fsp3) is 0.286. The van der Waals surface area contributed by atoms with Gasteiger partial charge in [-0.2, -0.15) is 0 Å². The van der Waals surface area contributed by atoms with Crippen molar-refractivity contribution in [2.24, 2.45) is 5.92 Å². The first-order valence-corrected chi connectivity index (χ1v) is 11.3. The number of methoxy groups -OCH3 is 2. The van der Waals surface area contributed by atoms with Crippen molar-refractivity contribution in [3.8, 4) is 11.5 Å². The van der Waals surface area contributed by atoms with E-state index in [1.807, 2.05) is 83.8 Å². The van der Waals surface area contributed by atoms with Crippen molar-refractivity contribution in [2.45, 2.75) is 31.9 Å². The van der Waals surface area contributed by atoms with Gasteiger partial charge in [0.1, 0.15) is 17.6 Å². The number of rotatable bonds is 9. The topological polar surface area (TPSA) is 65.1 Å². The lowest BCUT2D eigenvalue weighted by Crippen LogP contribution is -2.55. The van der Waals surface area contributed by atoms with Gasteiger partial charge in [-0.25, -0.2) is 0 Å². The van der Waals surface area contributed by atoms with Crippen LogP contribution in [0.25, 0.3) is 0 Å². The summed E-state index contributed by atoms with van der Waals surface area (Å²) in [4.78, 5) is 26.9. The molecule has 0 aromatic heterocycles. The second kappa shape index (κ2) is 10.4. The Balaban J connectivity index is 1.59. The van der Waals surface area contributed by atoms with E-state index in [2.05, 4.69) is 0 Å². The predicted octanol–water partition coefficient (Wildman–Crippen LogP) is 5.49. The van der Waals surface area contributed by atoms with Crippen molar-refractivity contribution in [2.75, 3.05) is 19.1 Å². The summed E-state index contributed by atoms with van der Waals surface area (Å²) in [6.07, 6.45) is 0.760. The van der Waals surface area contributed by atoms with Crippen LogP contribution in [0, 0.1) is 5.92 Å². The molecule has 3 atom stereocenters. The highest BCUT2D eigenvalue weighted by Gasteiger charge is 2.48. The monoisotopic (exact) mass is 459 g/mol. The van der Waals surface area contributed by atoms with Crippen LogP contribution in [0.4, 0.5) is 5.69 Å². The van der Waals surface area contributed by atoms with Crippen molar-refractivity contribution < 1.29 is 23.8 Å². The average molecular weight is 460 g/mol. The number of β-lactam (4-membered cyclic amide) rings is 1. The summed E-state index contributed by atoms with van der Waals surface area (Å²) >= 11 is 0. The van der Waals surface area contributed by atoms with Crippen molar-refractivity contribution >= 4 is 17.6 Å². The Morgan fingerprint density at radius 2 is 1.47 bits per heavy atom. The molecule has 34 heavy (non-hydrogen) atoms. The molecule has 6 nitrogen and oxygen atoms in total. The number of ether oxygens (including phenoxy) is 3. The maximum Gasteiger partial charge on any atom is 0.303 e. The molecule has 1 aliphatic heterocycles. The summed E-state index contributed by atoms with van der Waals surface area (Å²) in [6.45, 7) is 1.41. The summed E-state index contributed by atoms with van der Waals surface area (Å²) in [6, 6.07) is 24.9. The molecule has 1 aliphatic rings. The zero-order chi connectivity index (χ0) is 24.1. The molecule has 4 rings (SSSR count). The maximum absolute atomic E-state index is 13.4. The molecule has 1 saturated heterocycles. The highest BCUT2D eigenvalue weighted by Crippen LogP contribution is 2.47. The predicted molar refractivity (Wildman–Crippen MR) is 130 cm³/mol. The zero-order valence-electron chi connectivity index (χ0n) is 19.6. The van der Waals surface area contributed by atoms with Gasteiger partial charge in [-0.15, -0.1) is 0 Å². The lowest BCUT2D eigenvalue weighted by Gasteiger charge is -2.48. The molecule has 6 heteroatoms. The summed E-state index contributed by atoms with van der Waals surface area (Å²) < 4.78 is 16.2. The van der Waals surface area contributed by atoms with E-state index < -0.39 is 6.10 Å². The van der Waals surface area contributed by atoms with E-state index in [0.29, 0.717) is 12.8 Å². The van der Waals surface area contributed by atoms with Gasteiger partial charge in [-0.1, -0.05) is 42.5 Å². The molecule has 0 aliphatic carbocycles. The van der Waals surface area contributed by atoms with Gasteiger partial charge in [0.25, 0.3) is 0 Å². The Kier molecular flexibility index (Phi) is 7.16. The quantitative estimate of drug-likeness (QED) is 0.313. The van der Waals surface area contributed by atoms with Crippen LogP contribution in [0.5, 0.6) is 11.5 Å². The van der Waals surface area contributed by atoms with Crippen LogP contribution in [0.2, 0.25) is 0 Å². The smallest absolute Gasteiger partial charge is 0.303 e. The van der Waals surface area contributed by atoms with Gasteiger partial charge in [-0.05, 0) is 60.4 Å². The number of nitrogens with zero attached hydrogens (tertiary/aromatic N) is 1. The standard InChI is InChI=1S/C28H29NO5/c1-19(30)34-26(20-7-5-4-6-8-20)18-17-25-27(21-9-13-23(32-2)14-10-21)29(28(25)31)22-11-15-24(33-3)16-12-22/h4-16,25-27H,17-18H2,1-3H3/t25-,26-,27-/m1/s1. The van der Waals surface area contributed by atoms with Crippen LogP contribution in [-0.4, -0.2) is 26.1 Å². The number of amides is 1. The number of anilines is 1. The Morgan fingerprint density at radius 3 is 2.03 bits per heavy atom. The first kappa shape index (κ1) is 23.4. The van der Waals surface area contributed by atoms with Gasteiger partial charge in [0.15, 0.2) is 0 Å². The molecule has 3 aromatic rings. The number of hydrogen-bond acceptors (Lipinski definition) is 5. The zero-order valence-corrected chi connectivity index (χ0v) is 19.6. The Bertz CT molecular complexity index is 1110. The molecule has 0 saturated carbocycles. The van der Waals surface area contributed by atoms with E-state index in [1.165, 1.54) is 6.92 Å². The van der Waals surface area contributed by atoms with Crippen molar-refractivity contribution in [3.63, 3.8) is 0 Å². The van der Waals surface area contributed by atoms with Crippen LogP contribution in [0.3, 0.4) is 0 Å². The molecular formula is C28H29NO5. The summed E-state index contributed by atoms with van der Waals surface area (Å²) in [5, 5.41) is 0. The van der Waals surface area contributed by atoms with Crippen molar-refractivity contribution in [3.05, 3.63) is 90.0 Å². The highest BCUT2D eigenvalue weighted by molar-refractivity contribution is 6.03. The number of esters is 1. The van der Waals surface area contributed by atoms with E-state index in [1.54, 1.807) is 14.2 Å². The van der Waals surface area contributed by atoms with E-state index in [4.69, 9.17) is 14.2 Å². The molecule has 1 heterocycles. The van der Waals surface area contributed by atoms with E-state index >= 15 is 0 Å². The first-order valence-electron chi connectivity index (χ1n) is 11.3. The van der Waals surface area contributed by atoms with Gasteiger partial charge >= 0.3 is 5.97 Å². The van der Waals surface area contributed by atoms with E-state index in [0.717, 1.165) is 28.3 Å². The molecule has 176 valence electrons. The molecule has 0 N–H and O–H groups in total. The van der Waals surface area contributed by atoms with Crippen molar-refractivity contribution in [1.82, 2.24) is 0 Å². The minimum atomic E-state index is -0.391. The fourth-order valence-electron chi connectivity index (χ4n) is 4.54. The number of carbonyl (C=O) groups is 2. The van der Waals surface area contributed by atoms with E-state index in [-0.39, 0.29) is 23.8 Å². The lowest BCUT2D eigenvalue weighted by molar-refractivity contribution is -0.147. The Morgan fingerprint density at radius 1 is 0.882 bits per heavy atom. The largest absolute Gasteiger partial charge is 0.497 e. The number of hydrogen-bond donors (Lipinski definition) is 0. The summed E-state index contributed by atoms with van der Waals surface area (Å²) in [7, 11) is 3.25. The average Bonchev–Trinajstić information content (AvgIpc) is 2.87. The van der Waals surface area contributed by atoms with Crippen molar-refractivity contribution in [1.29, 1.82) is 0 Å². The summed E-state index contributed by atoms with van der Waals surface area (Å²) in [5.41, 5.74) is 2.78. The van der Waals surface area contributed by atoms with Gasteiger partial charge in [0.2, 0.25) is 5.91 Å². The molecule has 0 bridgehead atoms. The van der Waals surface area contributed by atoms with Crippen LogP contribution >= 0.6 is 0 Å². The van der Waals surface area contributed by atoms with Crippen LogP contribution in [-0.2, 0) is 14.3 Å². The molecular weight excluding hydrogens is 430 g/mol. The fourth-order valence-corrected chi connectivity index (χ4v) is 4.54. The first-order chi connectivity index (χ1) is 16.5. The molecule has 3 aromatic carbocycles. The van der Waals surface area contributed by atoms with Crippen LogP contribution < -0.4 is 14.4 Å². The second-order valence-electron chi connectivity index (χ2n) is 8.32. The third kappa shape index (κ3) is 4.91.